The number of hydrogen-bond acceptors (Lipinski definition) is 2. The number of anilines is 6. The predicted molar refractivity (Wildman–Crippen MR) is 219 cm³/mol. The molecule has 2 nitrogen and oxygen atoms in total. The standard InChI is InChI=1S/C49H40N2/c1-33-20-23-38(49(2,3)4)32-48(33)51(41-18-12-7-13-19-41)43-25-22-35-29-45-44-28-34-21-24-42(26-36(34)30-46(44)47(45)31-37(35)27-43)50(39-14-8-5-9-15-39)40-16-10-6-11-17-40/h5-32H,1-4H3. The molecular formula is C49H40N2. The molecule has 8 aromatic rings. The summed E-state index contributed by atoms with van der Waals surface area (Å²) in [6.07, 6.45) is 0. The number of nitrogens with zero attached hydrogens (tertiary/aromatic N) is 2. The molecule has 51 heavy (non-hydrogen) atoms. The normalized spacial score (nSPS) is 11.9. The Kier molecular flexibility index (Phi) is 7.29. The van der Waals surface area contributed by atoms with Gasteiger partial charge in [-0.2, -0.15) is 0 Å². The monoisotopic (exact) mass is 656 g/mol. The van der Waals surface area contributed by atoms with Crippen molar-refractivity contribution in [1.29, 1.82) is 0 Å². The minimum atomic E-state index is 0.0518. The van der Waals surface area contributed by atoms with E-state index in [9.17, 15) is 0 Å². The number of benzene rings is 8. The van der Waals surface area contributed by atoms with Crippen LogP contribution >= 0.6 is 0 Å². The van der Waals surface area contributed by atoms with Crippen LogP contribution in [0.5, 0.6) is 0 Å². The van der Waals surface area contributed by atoms with Gasteiger partial charge in [0, 0.05) is 34.1 Å². The maximum Gasteiger partial charge on any atom is 0.0493 e. The van der Waals surface area contributed by atoms with Gasteiger partial charge in [-0.1, -0.05) is 99.6 Å². The lowest BCUT2D eigenvalue weighted by Gasteiger charge is -2.30. The van der Waals surface area contributed by atoms with Crippen LogP contribution in [0.1, 0.15) is 31.9 Å². The molecule has 0 aliphatic heterocycles. The summed E-state index contributed by atoms with van der Waals surface area (Å²) in [6.45, 7) is 9.07. The second kappa shape index (κ2) is 12.0. The molecule has 0 fully saturated rings. The molecule has 2 heteroatoms. The molecule has 0 saturated carbocycles. The first kappa shape index (κ1) is 30.9. The average molecular weight is 657 g/mol. The van der Waals surface area contributed by atoms with E-state index < -0.39 is 0 Å². The van der Waals surface area contributed by atoms with Gasteiger partial charge in [0.2, 0.25) is 0 Å². The maximum atomic E-state index is 2.41. The zero-order chi connectivity index (χ0) is 34.7. The highest BCUT2D eigenvalue weighted by atomic mass is 15.1. The van der Waals surface area contributed by atoms with Crippen molar-refractivity contribution in [2.24, 2.45) is 0 Å². The lowest BCUT2D eigenvalue weighted by molar-refractivity contribution is 0.590. The van der Waals surface area contributed by atoms with Crippen molar-refractivity contribution in [2.45, 2.75) is 33.1 Å². The van der Waals surface area contributed by atoms with Crippen LogP contribution in [0.25, 0.3) is 43.8 Å². The number of hydrogen-bond donors (Lipinski definition) is 0. The third-order valence-electron chi connectivity index (χ3n) is 10.4. The summed E-state index contributed by atoms with van der Waals surface area (Å²) in [5.41, 5.74) is 14.9. The van der Waals surface area contributed by atoms with E-state index in [-0.39, 0.29) is 5.41 Å². The van der Waals surface area contributed by atoms with Crippen molar-refractivity contribution >= 4 is 55.7 Å². The summed E-state index contributed by atoms with van der Waals surface area (Å²) in [5, 5.41) is 5.00. The highest BCUT2D eigenvalue weighted by molar-refractivity contribution is 6.12. The van der Waals surface area contributed by atoms with Crippen LogP contribution in [0, 0.1) is 6.92 Å². The van der Waals surface area contributed by atoms with E-state index in [2.05, 4.69) is 207 Å². The number of rotatable bonds is 6. The zero-order valence-corrected chi connectivity index (χ0v) is 29.6. The average Bonchev–Trinajstić information content (AvgIpc) is 3.15. The smallest absolute Gasteiger partial charge is 0.0493 e. The molecule has 9 rings (SSSR count). The first-order chi connectivity index (χ1) is 24.8. The fourth-order valence-electron chi connectivity index (χ4n) is 7.60. The Balaban J connectivity index is 1.14. The molecule has 0 aromatic heterocycles. The molecule has 0 unspecified atom stereocenters. The quantitative estimate of drug-likeness (QED) is 0.176. The molecule has 0 amide bonds. The van der Waals surface area contributed by atoms with Crippen molar-refractivity contribution < 1.29 is 0 Å². The van der Waals surface area contributed by atoms with E-state index in [1.165, 1.54) is 60.6 Å². The Morgan fingerprint density at radius 3 is 1.22 bits per heavy atom. The minimum Gasteiger partial charge on any atom is -0.310 e. The third-order valence-corrected chi connectivity index (χ3v) is 10.4. The van der Waals surface area contributed by atoms with Gasteiger partial charge in [0.1, 0.15) is 0 Å². The van der Waals surface area contributed by atoms with Crippen molar-refractivity contribution in [1.82, 2.24) is 0 Å². The van der Waals surface area contributed by atoms with Gasteiger partial charge in [-0.05, 0) is 158 Å². The number of fused-ring (bicyclic) bond motifs is 6. The SMILES string of the molecule is Cc1ccc(C(C)(C)C)cc1N(c1ccccc1)c1ccc2cc3c(cc2c1)-c1cc2cc(N(c4ccccc4)c4ccccc4)ccc2cc1-3. The molecule has 0 radical (unpaired) electrons. The summed E-state index contributed by atoms with van der Waals surface area (Å²) in [6, 6.07) is 62.2. The maximum absolute atomic E-state index is 2.41. The Morgan fingerprint density at radius 2 is 0.765 bits per heavy atom. The molecule has 0 N–H and O–H groups in total. The predicted octanol–water partition coefficient (Wildman–Crippen LogP) is 14.2. The molecule has 0 heterocycles. The van der Waals surface area contributed by atoms with Gasteiger partial charge < -0.3 is 9.80 Å². The molecule has 0 atom stereocenters. The number of aryl methyl sites for hydroxylation is 1. The third kappa shape index (κ3) is 5.45. The Hall–Kier alpha value is -6.12. The van der Waals surface area contributed by atoms with Crippen LogP contribution in [-0.4, -0.2) is 0 Å². The first-order valence-electron chi connectivity index (χ1n) is 17.8. The molecule has 246 valence electrons. The van der Waals surface area contributed by atoms with Crippen LogP contribution in [0.15, 0.2) is 170 Å². The molecule has 1 aliphatic carbocycles. The highest BCUT2D eigenvalue weighted by Gasteiger charge is 2.25. The first-order valence-corrected chi connectivity index (χ1v) is 17.8. The second-order valence-corrected chi connectivity index (χ2v) is 14.8. The van der Waals surface area contributed by atoms with Crippen LogP contribution in [0.3, 0.4) is 0 Å². The van der Waals surface area contributed by atoms with E-state index in [1.807, 2.05) is 0 Å². The second-order valence-electron chi connectivity index (χ2n) is 14.8. The van der Waals surface area contributed by atoms with Crippen molar-refractivity contribution in [3.05, 3.63) is 181 Å². The topological polar surface area (TPSA) is 6.48 Å². The summed E-state index contributed by atoms with van der Waals surface area (Å²) >= 11 is 0. The van der Waals surface area contributed by atoms with Gasteiger partial charge in [-0.25, -0.2) is 0 Å². The molecule has 1 aliphatic rings. The van der Waals surface area contributed by atoms with Crippen LogP contribution in [0.4, 0.5) is 34.1 Å². The Bertz CT molecular complexity index is 2520. The summed E-state index contributed by atoms with van der Waals surface area (Å²) in [7, 11) is 0. The summed E-state index contributed by atoms with van der Waals surface area (Å²) in [4.78, 5) is 4.75. The largest absolute Gasteiger partial charge is 0.310 e. The van der Waals surface area contributed by atoms with Gasteiger partial charge >= 0.3 is 0 Å². The van der Waals surface area contributed by atoms with Crippen LogP contribution in [0.2, 0.25) is 0 Å². The van der Waals surface area contributed by atoms with Crippen molar-refractivity contribution in [3.8, 4) is 22.3 Å². The molecule has 0 bridgehead atoms. The van der Waals surface area contributed by atoms with Crippen molar-refractivity contribution in [3.63, 3.8) is 0 Å². The van der Waals surface area contributed by atoms with Crippen LogP contribution < -0.4 is 9.80 Å². The van der Waals surface area contributed by atoms with E-state index in [1.54, 1.807) is 0 Å². The zero-order valence-electron chi connectivity index (χ0n) is 29.6. The fourth-order valence-corrected chi connectivity index (χ4v) is 7.60. The van der Waals surface area contributed by atoms with Gasteiger partial charge in [-0.15, -0.1) is 0 Å². The van der Waals surface area contributed by atoms with E-state index in [0.29, 0.717) is 0 Å². The molecule has 0 spiro atoms. The van der Waals surface area contributed by atoms with Gasteiger partial charge in [0.25, 0.3) is 0 Å². The van der Waals surface area contributed by atoms with Gasteiger partial charge in [0.15, 0.2) is 0 Å². The molecule has 0 saturated heterocycles. The van der Waals surface area contributed by atoms with Crippen molar-refractivity contribution in [2.75, 3.05) is 9.80 Å². The van der Waals surface area contributed by atoms with E-state index in [0.717, 1.165) is 28.4 Å². The Labute approximate surface area is 300 Å². The summed E-state index contributed by atoms with van der Waals surface area (Å²) in [5.74, 6) is 0. The van der Waals surface area contributed by atoms with Crippen LogP contribution in [-0.2, 0) is 5.41 Å². The summed E-state index contributed by atoms with van der Waals surface area (Å²) < 4.78 is 0. The van der Waals surface area contributed by atoms with Gasteiger partial charge in [0.05, 0.1) is 0 Å². The van der Waals surface area contributed by atoms with Gasteiger partial charge in [-0.3, -0.25) is 0 Å². The minimum absolute atomic E-state index is 0.0518. The van der Waals surface area contributed by atoms with E-state index in [4.69, 9.17) is 0 Å². The highest BCUT2D eigenvalue weighted by Crippen LogP contribution is 2.51. The van der Waals surface area contributed by atoms with E-state index >= 15 is 0 Å². The molecule has 8 aromatic carbocycles. The molecular weight excluding hydrogens is 617 g/mol. The lowest BCUT2D eigenvalue weighted by atomic mass is 9.78. The Morgan fingerprint density at radius 1 is 0.353 bits per heavy atom. The number of para-hydroxylation sites is 3. The lowest BCUT2D eigenvalue weighted by Crippen LogP contribution is -2.15. The fraction of sp³-hybridized carbons (Fsp3) is 0.102.